The normalized spacial score (nSPS) is 22.6. The molecular formula is C33H40ClFN6O4. The number of hydrogen-bond acceptors (Lipinski definition) is 9. The number of carbonyl (C=O) groups excluding carboxylic acids is 1. The SMILES string of the molecule is COc1c(Cl)cccc1-c1ncc2c(N3CC4CCC(C3)N4C(=O)OC(C)(C)C)nc(OCC34CCCN3CCC4)nc2c1F. The predicted octanol–water partition coefficient (Wildman–Crippen LogP) is 6.09. The van der Waals surface area contributed by atoms with E-state index in [0.717, 1.165) is 51.6 Å². The maximum absolute atomic E-state index is 16.6. The van der Waals surface area contributed by atoms with Crippen molar-refractivity contribution in [1.29, 1.82) is 0 Å². The van der Waals surface area contributed by atoms with E-state index in [1.807, 2.05) is 25.7 Å². The van der Waals surface area contributed by atoms with Gasteiger partial charge in [0.2, 0.25) is 0 Å². The van der Waals surface area contributed by atoms with E-state index in [4.69, 9.17) is 30.8 Å². The van der Waals surface area contributed by atoms with Crippen molar-refractivity contribution < 1.29 is 23.4 Å². The monoisotopic (exact) mass is 638 g/mol. The number of piperazine rings is 1. The molecule has 2 atom stereocenters. The Bertz CT molecular complexity index is 1610. The smallest absolute Gasteiger partial charge is 0.410 e. The van der Waals surface area contributed by atoms with Crippen molar-refractivity contribution in [3.8, 4) is 23.0 Å². The van der Waals surface area contributed by atoms with Crippen molar-refractivity contribution in [2.45, 2.75) is 82.5 Å². The number of benzene rings is 1. The Hall–Kier alpha value is -3.44. The van der Waals surface area contributed by atoms with Crippen molar-refractivity contribution in [3.05, 3.63) is 35.2 Å². The first-order valence-corrected chi connectivity index (χ1v) is 16.3. The Morgan fingerprint density at radius 3 is 2.49 bits per heavy atom. The van der Waals surface area contributed by atoms with Crippen LogP contribution in [0.4, 0.5) is 15.0 Å². The largest absolute Gasteiger partial charge is 0.494 e. The van der Waals surface area contributed by atoms with E-state index in [1.165, 1.54) is 7.11 Å². The van der Waals surface area contributed by atoms with Crippen LogP contribution in [0.25, 0.3) is 22.2 Å². The Balaban J connectivity index is 1.27. The Morgan fingerprint density at radius 1 is 1.11 bits per heavy atom. The zero-order valence-corrected chi connectivity index (χ0v) is 27.1. The highest BCUT2D eigenvalue weighted by Gasteiger charge is 2.46. The molecule has 10 nitrogen and oxygen atoms in total. The number of halogens is 2. The van der Waals surface area contributed by atoms with Crippen LogP contribution in [0.2, 0.25) is 5.02 Å². The van der Waals surface area contributed by atoms with E-state index in [-0.39, 0.29) is 40.9 Å². The summed E-state index contributed by atoms with van der Waals surface area (Å²) < 4.78 is 34.2. The van der Waals surface area contributed by atoms with Gasteiger partial charge in [-0.25, -0.2) is 9.18 Å². The summed E-state index contributed by atoms with van der Waals surface area (Å²) in [5.41, 5.74) is 0.0396. The summed E-state index contributed by atoms with van der Waals surface area (Å²) >= 11 is 6.38. The third kappa shape index (κ3) is 5.41. The summed E-state index contributed by atoms with van der Waals surface area (Å²) in [7, 11) is 1.50. The number of ether oxygens (including phenoxy) is 3. The summed E-state index contributed by atoms with van der Waals surface area (Å²) in [5, 5.41) is 0.843. The summed E-state index contributed by atoms with van der Waals surface area (Å²) in [6, 6.07) is 5.19. The van der Waals surface area contributed by atoms with Crippen LogP contribution in [-0.2, 0) is 4.74 Å². The molecule has 4 aliphatic rings. The van der Waals surface area contributed by atoms with E-state index in [2.05, 4.69) is 19.8 Å². The van der Waals surface area contributed by atoms with Crippen molar-refractivity contribution in [2.24, 2.45) is 0 Å². The zero-order valence-electron chi connectivity index (χ0n) is 26.3. The summed E-state index contributed by atoms with van der Waals surface area (Å²) in [5.74, 6) is 0.296. The number of rotatable bonds is 6. The molecule has 0 spiro atoms. The minimum Gasteiger partial charge on any atom is -0.494 e. The zero-order chi connectivity index (χ0) is 31.5. The van der Waals surface area contributed by atoms with Gasteiger partial charge in [-0.15, -0.1) is 0 Å². The number of aromatic nitrogens is 3. The number of amides is 1. The fourth-order valence-corrected chi connectivity index (χ4v) is 8.02. The van der Waals surface area contributed by atoms with Gasteiger partial charge < -0.3 is 19.1 Å². The van der Waals surface area contributed by atoms with E-state index in [1.54, 1.807) is 24.4 Å². The molecule has 2 bridgehead atoms. The third-order valence-electron chi connectivity index (χ3n) is 9.74. The van der Waals surface area contributed by atoms with Crippen LogP contribution in [0.5, 0.6) is 11.8 Å². The fraction of sp³-hybridized carbons (Fsp3) is 0.576. The van der Waals surface area contributed by atoms with Crippen LogP contribution in [0.1, 0.15) is 59.3 Å². The van der Waals surface area contributed by atoms with Gasteiger partial charge in [-0.1, -0.05) is 17.7 Å². The molecule has 6 heterocycles. The Kier molecular flexibility index (Phi) is 7.67. The van der Waals surface area contributed by atoms with Crippen LogP contribution >= 0.6 is 11.6 Å². The van der Waals surface area contributed by atoms with Crippen LogP contribution in [0, 0.1) is 5.82 Å². The lowest BCUT2D eigenvalue weighted by Crippen LogP contribution is -2.57. The van der Waals surface area contributed by atoms with Crippen LogP contribution in [0.15, 0.2) is 24.4 Å². The number of nitrogens with zero attached hydrogens (tertiary/aromatic N) is 6. The second-order valence-corrected chi connectivity index (χ2v) is 14.1. The molecule has 7 rings (SSSR count). The van der Waals surface area contributed by atoms with Crippen LogP contribution in [-0.4, -0.2) is 94.0 Å². The summed E-state index contributed by atoms with van der Waals surface area (Å²) in [6.45, 7) is 9.30. The van der Waals surface area contributed by atoms with Gasteiger partial charge in [-0.2, -0.15) is 9.97 Å². The lowest BCUT2D eigenvalue weighted by Gasteiger charge is -2.42. The molecule has 2 unspecified atom stereocenters. The maximum atomic E-state index is 16.6. The topological polar surface area (TPSA) is 93.2 Å². The van der Waals surface area contributed by atoms with Gasteiger partial charge in [-0.3, -0.25) is 14.8 Å². The fourth-order valence-electron chi connectivity index (χ4n) is 7.77. The van der Waals surface area contributed by atoms with Crippen molar-refractivity contribution in [3.63, 3.8) is 0 Å². The predicted molar refractivity (Wildman–Crippen MR) is 170 cm³/mol. The van der Waals surface area contributed by atoms with Crippen molar-refractivity contribution >= 4 is 34.4 Å². The van der Waals surface area contributed by atoms with Crippen LogP contribution in [0.3, 0.4) is 0 Å². The third-order valence-corrected chi connectivity index (χ3v) is 10.0. The highest BCUT2D eigenvalue weighted by molar-refractivity contribution is 6.32. The minimum absolute atomic E-state index is 0.0211. The molecule has 45 heavy (non-hydrogen) atoms. The number of carbonyl (C=O) groups is 1. The quantitative estimate of drug-likeness (QED) is 0.318. The standard InChI is InChI=1S/C33H40ClFN6O4/c1-32(2,3)45-31(42)41-20-10-11-21(41)18-39(17-20)29-23-16-36-26(22-8-5-9-24(34)28(22)43-4)25(35)27(23)37-30(38-29)44-19-33-12-6-14-40(33)15-7-13-33/h5,8-9,16,20-21H,6-7,10-15,17-19H2,1-4H3. The number of anilines is 1. The van der Waals surface area contributed by atoms with Crippen LogP contribution < -0.4 is 14.4 Å². The molecule has 2 aromatic heterocycles. The molecule has 0 aliphatic carbocycles. The van der Waals surface area contributed by atoms with Crippen molar-refractivity contribution in [2.75, 3.05) is 44.8 Å². The molecule has 1 aromatic carbocycles. The first-order chi connectivity index (χ1) is 21.6. The summed E-state index contributed by atoms with van der Waals surface area (Å²) in [4.78, 5) is 33.7. The van der Waals surface area contributed by atoms with Gasteiger partial charge in [0.15, 0.2) is 5.82 Å². The van der Waals surface area contributed by atoms with Gasteiger partial charge in [-0.05, 0) is 84.5 Å². The second kappa shape index (κ2) is 11.4. The number of para-hydroxylation sites is 1. The molecule has 4 saturated heterocycles. The van der Waals surface area contributed by atoms with E-state index in [0.29, 0.717) is 47.2 Å². The lowest BCUT2D eigenvalue weighted by atomic mass is 9.95. The molecule has 0 N–H and O–H groups in total. The molecule has 3 aromatic rings. The van der Waals surface area contributed by atoms with E-state index < -0.39 is 11.4 Å². The van der Waals surface area contributed by atoms with Gasteiger partial charge in [0.05, 0.1) is 35.1 Å². The first-order valence-electron chi connectivity index (χ1n) is 15.9. The van der Waals surface area contributed by atoms with Crippen molar-refractivity contribution in [1.82, 2.24) is 24.8 Å². The lowest BCUT2D eigenvalue weighted by molar-refractivity contribution is 0.0122. The number of hydrogen-bond donors (Lipinski definition) is 0. The molecule has 0 radical (unpaired) electrons. The Labute approximate surface area is 267 Å². The molecule has 12 heteroatoms. The molecule has 4 fully saturated rings. The molecule has 1 amide bonds. The van der Waals surface area contributed by atoms with Gasteiger partial charge in [0, 0.05) is 24.8 Å². The molecule has 0 saturated carbocycles. The van der Waals surface area contributed by atoms with Gasteiger partial charge in [0.25, 0.3) is 0 Å². The first kappa shape index (κ1) is 30.2. The number of pyridine rings is 1. The average Bonchev–Trinajstić information content (AvgIpc) is 3.66. The van der Waals surface area contributed by atoms with Gasteiger partial charge >= 0.3 is 12.1 Å². The molecular weight excluding hydrogens is 599 g/mol. The maximum Gasteiger partial charge on any atom is 0.410 e. The number of methoxy groups -OCH3 is 1. The van der Waals surface area contributed by atoms with Gasteiger partial charge in [0.1, 0.15) is 35.0 Å². The highest BCUT2D eigenvalue weighted by Crippen LogP contribution is 2.42. The molecule has 240 valence electrons. The van der Waals surface area contributed by atoms with E-state index >= 15 is 4.39 Å². The van der Waals surface area contributed by atoms with E-state index in [9.17, 15) is 4.79 Å². The summed E-state index contributed by atoms with van der Waals surface area (Å²) in [6.07, 6.45) is 7.46. The second-order valence-electron chi connectivity index (χ2n) is 13.7. The number of fused-ring (bicyclic) bond motifs is 4. The minimum atomic E-state index is -0.599. The Morgan fingerprint density at radius 2 is 1.82 bits per heavy atom. The average molecular weight is 639 g/mol. The highest BCUT2D eigenvalue weighted by atomic mass is 35.5. The molecule has 4 aliphatic heterocycles.